The van der Waals surface area contributed by atoms with Crippen LogP contribution in [0.15, 0.2) is 57.7 Å². The summed E-state index contributed by atoms with van der Waals surface area (Å²) < 4.78 is 32.4. The zero-order chi connectivity index (χ0) is 15.7. The van der Waals surface area contributed by atoms with Crippen LogP contribution in [-0.2, 0) is 10.1 Å². The molecule has 0 aliphatic heterocycles. The van der Waals surface area contributed by atoms with Crippen molar-refractivity contribution in [3.8, 4) is 5.75 Å². The summed E-state index contributed by atoms with van der Waals surface area (Å²) in [6.45, 7) is 0. The van der Waals surface area contributed by atoms with E-state index < -0.39 is 15.0 Å². The summed E-state index contributed by atoms with van der Waals surface area (Å²) in [6, 6.07) is 9.32. The Bertz CT molecular complexity index is 965. The number of fused-ring (bicyclic) bond motifs is 1. The summed E-state index contributed by atoms with van der Waals surface area (Å²) in [6.07, 6.45) is 1.44. The van der Waals surface area contributed by atoms with Crippen molar-refractivity contribution >= 4 is 32.4 Å². The number of benzene rings is 2. The van der Waals surface area contributed by atoms with E-state index in [1.807, 2.05) is 0 Å². The number of phenolic OH excluding ortho intramolecular Hbond substituents is 1. The van der Waals surface area contributed by atoms with Crippen LogP contribution >= 0.6 is 0 Å². The first kappa shape index (κ1) is 14.2. The van der Waals surface area contributed by atoms with Gasteiger partial charge >= 0.3 is 0 Å². The first-order valence-corrected chi connectivity index (χ1v) is 7.54. The quantitative estimate of drug-likeness (QED) is 0.505. The Balaban J connectivity index is 2.28. The molecule has 9 heteroatoms. The number of phenols is 1. The lowest BCUT2D eigenvalue weighted by Crippen LogP contribution is -1.99. The van der Waals surface area contributed by atoms with Crippen molar-refractivity contribution < 1.29 is 18.1 Å². The number of rotatable bonds is 3. The maximum absolute atomic E-state index is 11.5. The molecule has 0 bridgehead atoms. The lowest BCUT2D eigenvalue weighted by atomic mass is 10.1. The Kier molecular flexibility index (Phi) is 3.35. The van der Waals surface area contributed by atoms with Crippen LogP contribution in [0.4, 0.5) is 11.5 Å². The summed E-state index contributed by atoms with van der Waals surface area (Å²) in [5.74, 6) is -0.108. The number of aromatic hydroxyl groups is 1. The minimum atomic E-state index is -4.58. The van der Waals surface area contributed by atoms with Gasteiger partial charge < -0.3 is 5.11 Å². The standard InChI is InChI=1S/C13H10N4O4S/c18-13-9-4-2-1-3-8(9)7-10(22(19,20)21)12(13)17-16-11-5-6-14-15-11/h1-7,18H,(H,14,15)(H,19,20,21). The molecule has 3 N–H and O–H groups in total. The van der Waals surface area contributed by atoms with Gasteiger partial charge in [-0.05, 0) is 11.5 Å². The van der Waals surface area contributed by atoms with Crippen molar-refractivity contribution in [2.45, 2.75) is 4.90 Å². The Labute approximate surface area is 124 Å². The Morgan fingerprint density at radius 3 is 2.59 bits per heavy atom. The molecule has 22 heavy (non-hydrogen) atoms. The fourth-order valence-corrected chi connectivity index (χ4v) is 2.65. The predicted molar refractivity (Wildman–Crippen MR) is 78.2 cm³/mol. The van der Waals surface area contributed by atoms with Crippen LogP contribution in [0, 0.1) is 0 Å². The fraction of sp³-hybridized carbons (Fsp3) is 0. The van der Waals surface area contributed by atoms with Gasteiger partial charge in [0.05, 0.1) is 6.20 Å². The molecule has 1 heterocycles. The van der Waals surface area contributed by atoms with Crippen LogP contribution in [0.3, 0.4) is 0 Å². The number of hydrogen-bond donors (Lipinski definition) is 3. The molecule has 0 aliphatic carbocycles. The molecule has 2 aromatic carbocycles. The van der Waals surface area contributed by atoms with Gasteiger partial charge in [-0.2, -0.15) is 13.5 Å². The summed E-state index contributed by atoms with van der Waals surface area (Å²) in [7, 11) is -4.58. The third-order valence-electron chi connectivity index (χ3n) is 2.98. The van der Waals surface area contributed by atoms with Crippen LogP contribution in [0.2, 0.25) is 0 Å². The normalized spacial score (nSPS) is 12.2. The Hall–Kier alpha value is -2.78. The summed E-state index contributed by atoms with van der Waals surface area (Å²) >= 11 is 0. The highest BCUT2D eigenvalue weighted by Gasteiger charge is 2.21. The van der Waals surface area contributed by atoms with Crippen molar-refractivity contribution in [2.75, 3.05) is 0 Å². The largest absolute Gasteiger partial charge is 0.505 e. The van der Waals surface area contributed by atoms with Crippen molar-refractivity contribution in [2.24, 2.45) is 10.2 Å². The summed E-state index contributed by atoms with van der Waals surface area (Å²) in [5, 5.41) is 24.8. The number of H-pyrrole nitrogens is 1. The van der Waals surface area contributed by atoms with Crippen molar-refractivity contribution in [3.05, 3.63) is 42.6 Å². The molecule has 112 valence electrons. The molecule has 0 saturated heterocycles. The zero-order valence-corrected chi connectivity index (χ0v) is 11.8. The minimum absolute atomic E-state index is 0.272. The number of nitrogens with one attached hydrogen (secondary N) is 1. The number of nitrogens with zero attached hydrogens (tertiary/aromatic N) is 3. The van der Waals surface area contributed by atoms with Crippen LogP contribution < -0.4 is 0 Å². The smallest absolute Gasteiger partial charge is 0.296 e. The molecule has 1 aromatic heterocycles. The van der Waals surface area contributed by atoms with E-state index in [1.165, 1.54) is 18.3 Å². The van der Waals surface area contributed by atoms with E-state index in [2.05, 4.69) is 20.4 Å². The fourth-order valence-electron chi connectivity index (χ4n) is 1.99. The highest BCUT2D eigenvalue weighted by atomic mass is 32.2. The van der Waals surface area contributed by atoms with Gasteiger partial charge in [-0.15, -0.1) is 10.2 Å². The van der Waals surface area contributed by atoms with Gasteiger partial charge in [-0.3, -0.25) is 9.65 Å². The first-order chi connectivity index (χ1) is 10.5. The van der Waals surface area contributed by atoms with Crippen LogP contribution in [-0.4, -0.2) is 28.3 Å². The third-order valence-corrected chi connectivity index (χ3v) is 3.85. The number of aromatic amines is 1. The van der Waals surface area contributed by atoms with E-state index in [4.69, 9.17) is 0 Å². The highest BCUT2D eigenvalue weighted by molar-refractivity contribution is 7.86. The van der Waals surface area contributed by atoms with Crippen molar-refractivity contribution in [3.63, 3.8) is 0 Å². The molecule has 0 atom stereocenters. The maximum Gasteiger partial charge on any atom is 0.296 e. The average Bonchev–Trinajstić information content (AvgIpc) is 2.98. The lowest BCUT2D eigenvalue weighted by Gasteiger charge is -2.08. The van der Waals surface area contributed by atoms with Crippen molar-refractivity contribution in [1.29, 1.82) is 0 Å². The van der Waals surface area contributed by atoms with E-state index in [1.54, 1.807) is 24.3 Å². The molecule has 8 nitrogen and oxygen atoms in total. The van der Waals surface area contributed by atoms with Crippen LogP contribution in [0.5, 0.6) is 5.75 Å². The van der Waals surface area contributed by atoms with Gasteiger partial charge in [0.15, 0.2) is 11.6 Å². The topological polar surface area (TPSA) is 128 Å². The molecule has 0 aliphatic rings. The molecular weight excluding hydrogens is 308 g/mol. The molecular formula is C13H10N4O4S. The van der Waals surface area contributed by atoms with Crippen molar-refractivity contribution in [1.82, 2.24) is 10.2 Å². The molecule has 3 rings (SSSR count). The van der Waals surface area contributed by atoms with Gasteiger partial charge in [0.25, 0.3) is 10.1 Å². The molecule has 0 saturated carbocycles. The average molecular weight is 318 g/mol. The molecule has 0 fully saturated rings. The molecule has 3 aromatic rings. The second-order valence-electron chi connectivity index (χ2n) is 4.41. The number of azo groups is 1. The SMILES string of the molecule is O=S(=O)(O)c1cc2ccccc2c(O)c1N=Nc1ccn[nH]1. The van der Waals surface area contributed by atoms with Gasteiger partial charge in [-0.1, -0.05) is 24.3 Å². The van der Waals surface area contributed by atoms with E-state index in [-0.39, 0.29) is 17.3 Å². The second-order valence-corrected chi connectivity index (χ2v) is 5.80. The van der Waals surface area contributed by atoms with E-state index in [9.17, 15) is 18.1 Å². The number of hydrogen-bond acceptors (Lipinski definition) is 6. The minimum Gasteiger partial charge on any atom is -0.505 e. The van der Waals surface area contributed by atoms with E-state index in [0.29, 0.717) is 10.8 Å². The van der Waals surface area contributed by atoms with Crippen LogP contribution in [0.25, 0.3) is 10.8 Å². The van der Waals surface area contributed by atoms with Crippen LogP contribution in [0.1, 0.15) is 0 Å². The molecule has 0 spiro atoms. The monoisotopic (exact) mass is 318 g/mol. The third kappa shape index (κ3) is 2.54. The van der Waals surface area contributed by atoms with Gasteiger partial charge in [0, 0.05) is 11.5 Å². The molecule has 0 radical (unpaired) electrons. The maximum atomic E-state index is 11.5. The summed E-state index contributed by atoms with van der Waals surface area (Å²) in [4.78, 5) is -0.521. The van der Waals surface area contributed by atoms with Gasteiger partial charge in [-0.25, -0.2) is 0 Å². The first-order valence-electron chi connectivity index (χ1n) is 6.10. The lowest BCUT2D eigenvalue weighted by molar-refractivity contribution is 0.472. The zero-order valence-electron chi connectivity index (χ0n) is 11.0. The molecule has 0 unspecified atom stereocenters. The highest BCUT2D eigenvalue weighted by Crippen LogP contribution is 2.40. The number of aromatic nitrogens is 2. The molecule has 0 amide bonds. The predicted octanol–water partition coefficient (Wildman–Crippen LogP) is 2.93. The second kappa shape index (κ2) is 5.20. The summed E-state index contributed by atoms with van der Waals surface area (Å²) in [5.41, 5.74) is -0.337. The van der Waals surface area contributed by atoms with Gasteiger partial charge in [0.2, 0.25) is 0 Å². The van der Waals surface area contributed by atoms with E-state index >= 15 is 0 Å². The Morgan fingerprint density at radius 2 is 1.91 bits per heavy atom. The van der Waals surface area contributed by atoms with E-state index in [0.717, 1.165) is 0 Å². The van der Waals surface area contributed by atoms with Gasteiger partial charge in [0.1, 0.15) is 10.6 Å². The Morgan fingerprint density at radius 1 is 1.14 bits per heavy atom.